The first kappa shape index (κ1) is 22.5. The number of nitrogens with zero attached hydrogens (tertiary/aromatic N) is 2. The van der Waals surface area contributed by atoms with Crippen molar-refractivity contribution in [2.45, 2.75) is 38.4 Å². The van der Waals surface area contributed by atoms with E-state index in [9.17, 15) is 4.79 Å². The van der Waals surface area contributed by atoms with Gasteiger partial charge in [0, 0.05) is 24.4 Å². The highest BCUT2D eigenvalue weighted by atomic mass is 127. The fourth-order valence-electron chi connectivity index (χ4n) is 2.51. The molecule has 1 unspecified atom stereocenters. The van der Waals surface area contributed by atoms with Crippen molar-refractivity contribution in [3.8, 4) is 0 Å². The van der Waals surface area contributed by atoms with E-state index in [1.165, 1.54) is 29.9 Å². The predicted octanol–water partition coefficient (Wildman–Crippen LogP) is 2.64. The van der Waals surface area contributed by atoms with Crippen LogP contribution in [-0.4, -0.2) is 53.5 Å². The molecule has 0 spiro atoms. The number of aliphatic imine (C=N–C) groups is 1. The third-order valence-electron chi connectivity index (χ3n) is 3.87. The van der Waals surface area contributed by atoms with E-state index in [0.29, 0.717) is 18.0 Å². The fraction of sp³-hybridized carbons (Fsp3) is 0.688. The Bertz CT molecular complexity index is 573. The van der Waals surface area contributed by atoms with Gasteiger partial charge in [-0.1, -0.05) is 0 Å². The van der Waals surface area contributed by atoms with Crippen molar-refractivity contribution in [1.29, 1.82) is 0 Å². The number of rotatable bonds is 7. The summed E-state index contributed by atoms with van der Waals surface area (Å²) in [7, 11) is 0. The number of aryl methyl sites for hydroxylation is 1. The van der Waals surface area contributed by atoms with Crippen LogP contribution in [0.4, 0.5) is 0 Å². The standard InChI is InChI=1S/C16H27N5OS2.HI/c1-4-17-15(20-10-16(3)6-5-9-24-16)19-8-7-18-14(22)13-12(2)21-11-23-13;/h11H,4-10H2,1-3H3,(H,18,22)(H2,17,19,20);1H. The second kappa shape index (κ2) is 11.2. The van der Waals surface area contributed by atoms with Gasteiger partial charge in [-0.15, -0.1) is 35.3 Å². The molecule has 3 N–H and O–H groups in total. The molecule has 1 saturated heterocycles. The van der Waals surface area contributed by atoms with E-state index >= 15 is 0 Å². The summed E-state index contributed by atoms with van der Waals surface area (Å²) in [5.41, 5.74) is 2.47. The van der Waals surface area contributed by atoms with Gasteiger partial charge in [0.25, 0.3) is 5.91 Å². The zero-order valence-electron chi connectivity index (χ0n) is 15.1. The van der Waals surface area contributed by atoms with Gasteiger partial charge in [0.15, 0.2) is 5.96 Å². The summed E-state index contributed by atoms with van der Waals surface area (Å²) in [6, 6.07) is 0. The van der Waals surface area contributed by atoms with Crippen molar-refractivity contribution in [1.82, 2.24) is 20.9 Å². The minimum atomic E-state index is -0.0615. The SMILES string of the molecule is CCNC(=NCC1(C)CCCS1)NCCNC(=O)c1scnc1C.I. The maximum absolute atomic E-state index is 12.0. The Kier molecular flexibility index (Phi) is 10.1. The van der Waals surface area contributed by atoms with Crippen LogP contribution in [0.3, 0.4) is 0 Å². The lowest BCUT2D eigenvalue weighted by Gasteiger charge is -2.21. The number of thiazole rings is 1. The topological polar surface area (TPSA) is 78.4 Å². The average molecular weight is 497 g/mol. The third-order valence-corrected chi connectivity index (χ3v) is 6.32. The van der Waals surface area contributed by atoms with Crippen LogP contribution in [0.15, 0.2) is 10.5 Å². The zero-order chi connectivity index (χ0) is 17.4. The van der Waals surface area contributed by atoms with Gasteiger partial charge >= 0.3 is 0 Å². The van der Waals surface area contributed by atoms with Crippen molar-refractivity contribution in [3.05, 3.63) is 16.1 Å². The Morgan fingerprint density at radius 1 is 1.36 bits per heavy atom. The number of nitrogens with one attached hydrogen (secondary N) is 3. The molecule has 1 aromatic heterocycles. The summed E-state index contributed by atoms with van der Waals surface area (Å²) in [6.07, 6.45) is 2.51. The number of thioether (sulfide) groups is 1. The molecule has 2 rings (SSSR count). The lowest BCUT2D eigenvalue weighted by atomic mass is 10.1. The van der Waals surface area contributed by atoms with Crippen LogP contribution < -0.4 is 16.0 Å². The van der Waals surface area contributed by atoms with Crippen molar-refractivity contribution in [2.24, 2.45) is 4.99 Å². The monoisotopic (exact) mass is 497 g/mol. The Balaban J connectivity index is 0.00000312. The molecule has 0 bridgehead atoms. The molecule has 1 amide bonds. The smallest absolute Gasteiger partial charge is 0.263 e. The van der Waals surface area contributed by atoms with E-state index < -0.39 is 0 Å². The van der Waals surface area contributed by atoms with Crippen LogP contribution in [0.1, 0.15) is 42.1 Å². The Hall–Kier alpha value is -0.550. The number of hydrogen-bond acceptors (Lipinski definition) is 5. The van der Waals surface area contributed by atoms with Gasteiger partial charge in [-0.3, -0.25) is 9.79 Å². The quantitative estimate of drug-likeness (QED) is 0.234. The number of guanidine groups is 1. The maximum Gasteiger partial charge on any atom is 0.263 e. The maximum atomic E-state index is 12.0. The molecular formula is C16H28IN5OS2. The third kappa shape index (κ3) is 7.30. The van der Waals surface area contributed by atoms with Gasteiger partial charge in [-0.2, -0.15) is 11.8 Å². The molecule has 1 aliphatic heterocycles. The molecule has 1 atom stereocenters. The molecule has 0 radical (unpaired) electrons. The molecule has 6 nitrogen and oxygen atoms in total. The van der Waals surface area contributed by atoms with Crippen molar-refractivity contribution in [3.63, 3.8) is 0 Å². The Labute approximate surface area is 175 Å². The number of carbonyl (C=O) groups is 1. The van der Waals surface area contributed by atoms with Gasteiger partial charge in [-0.05, 0) is 39.4 Å². The van der Waals surface area contributed by atoms with E-state index in [1.54, 1.807) is 5.51 Å². The van der Waals surface area contributed by atoms with Crippen LogP contribution in [0.25, 0.3) is 0 Å². The Morgan fingerprint density at radius 2 is 2.12 bits per heavy atom. The molecule has 1 aromatic rings. The number of carbonyl (C=O) groups excluding carboxylic acids is 1. The van der Waals surface area contributed by atoms with E-state index in [0.717, 1.165) is 24.7 Å². The Morgan fingerprint density at radius 3 is 2.72 bits per heavy atom. The molecule has 1 fully saturated rings. The molecule has 9 heteroatoms. The minimum Gasteiger partial charge on any atom is -0.357 e. The average Bonchev–Trinajstić information content (AvgIpc) is 3.18. The van der Waals surface area contributed by atoms with E-state index in [1.807, 2.05) is 18.7 Å². The summed E-state index contributed by atoms with van der Waals surface area (Å²) in [6.45, 7) is 9.02. The first-order chi connectivity index (χ1) is 11.5. The second-order valence-corrected chi connectivity index (χ2v) is 8.58. The lowest BCUT2D eigenvalue weighted by Crippen LogP contribution is -2.42. The summed E-state index contributed by atoms with van der Waals surface area (Å²) >= 11 is 3.38. The molecule has 0 aromatic carbocycles. The molecule has 1 aliphatic rings. The fourth-order valence-corrected chi connectivity index (χ4v) is 4.45. The van der Waals surface area contributed by atoms with Gasteiger partial charge in [0.05, 0.1) is 17.7 Å². The van der Waals surface area contributed by atoms with E-state index in [-0.39, 0.29) is 34.6 Å². The summed E-state index contributed by atoms with van der Waals surface area (Å²) in [5.74, 6) is 1.99. The summed E-state index contributed by atoms with van der Waals surface area (Å²) < 4.78 is 0.264. The highest BCUT2D eigenvalue weighted by Gasteiger charge is 2.29. The minimum absolute atomic E-state index is 0. The van der Waals surface area contributed by atoms with Crippen molar-refractivity contribution >= 4 is 58.9 Å². The first-order valence-electron chi connectivity index (χ1n) is 8.38. The number of amides is 1. The second-order valence-electron chi connectivity index (χ2n) is 6.05. The predicted molar refractivity (Wildman–Crippen MR) is 119 cm³/mol. The van der Waals surface area contributed by atoms with Crippen LogP contribution in [0.2, 0.25) is 0 Å². The van der Waals surface area contributed by atoms with Crippen LogP contribution in [0.5, 0.6) is 0 Å². The van der Waals surface area contributed by atoms with Crippen LogP contribution in [-0.2, 0) is 0 Å². The number of aromatic nitrogens is 1. The van der Waals surface area contributed by atoms with Crippen LogP contribution in [0, 0.1) is 6.92 Å². The first-order valence-corrected chi connectivity index (χ1v) is 10.2. The van der Waals surface area contributed by atoms with E-state index in [4.69, 9.17) is 4.99 Å². The highest BCUT2D eigenvalue weighted by Crippen LogP contribution is 2.37. The molecule has 0 saturated carbocycles. The van der Waals surface area contributed by atoms with Gasteiger partial charge in [0.1, 0.15) is 4.88 Å². The summed E-state index contributed by atoms with van der Waals surface area (Å²) in [5, 5.41) is 9.45. The van der Waals surface area contributed by atoms with Gasteiger partial charge < -0.3 is 16.0 Å². The normalized spacial score (nSPS) is 20.0. The van der Waals surface area contributed by atoms with Gasteiger partial charge in [-0.25, -0.2) is 4.98 Å². The molecule has 25 heavy (non-hydrogen) atoms. The number of hydrogen-bond donors (Lipinski definition) is 3. The van der Waals surface area contributed by atoms with Gasteiger partial charge in [0.2, 0.25) is 0 Å². The largest absolute Gasteiger partial charge is 0.357 e. The zero-order valence-corrected chi connectivity index (χ0v) is 19.0. The van der Waals surface area contributed by atoms with E-state index in [2.05, 4.69) is 34.8 Å². The molecular weight excluding hydrogens is 469 g/mol. The highest BCUT2D eigenvalue weighted by molar-refractivity contribution is 14.0. The lowest BCUT2D eigenvalue weighted by molar-refractivity contribution is 0.0957. The number of halogens is 1. The van der Waals surface area contributed by atoms with Crippen molar-refractivity contribution < 1.29 is 4.79 Å². The molecule has 0 aliphatic carbocycles. The van der Waals surface area contributed by atoms with Crippen molar-refractivity contribution in [2.75, 3.05) is 31.9 Å². The molecule has 2 heterocycles. The molecule has 142 valence electrons. The summed E-state index contributed by atoms with van der Waals surface area (Å²) in [4.78, 5) is 21.5. The van der Waals surface area contributed by atoms with Crippen LogP contribution >= 0.6 is 47.1 Å².